The number of rotatable bonds is 8. The Kier molecular flexibility index (Phi) is 8.78. The first-order valence-corrected chi connectivity index (χ1v) is 12.7. The Hall–Kier alpha value is -3.43. The number of ether oxygens (including phenoxy) is 2. The summed E-state index contributed by atoms with van der Waals surface area (Å²) in [6.07, 6.45) is 1.07. The summed E-state index contributed by atoms with van der Waals surface area (Å²) in [5, 5.41) is 5.97. The van der Waals surface area contributed by atoms with E-state index in [0.29, 0.717) is 23.6 Å². The van der Waals surface area contributed by atoms with Crippen LogP contribution in [0.2, 0.25) is 5.02 Å². The van der Waals surface area contributed by atoms with Crippen molar-refractivity contribution in [1.29, 1.82) is 0 Å². The summed E-state index contributed by atoms with van der Waals surface area (Å²) in [5.41, 5.74) is 1.25. The molecule has 0 saturated carbocycles. The average molecular weight is 528 g/mol. The number of carbonyl (C=O) groups excluding carboxylic acids is 4. The fraction of sp³-hybridized carbons (Fsp3) is 0.407. The summed E-state index contributed by atoms with van der Waals surface area (Å²) in [4.78, 5) is 52.6. The minimum absolute atomic E-state index is 0.0159. The van der Waals surface area contributed by atoms with E-state index in [1.165, 1.54) is 11.0 Å². The van der Waals surface area contributed by atoms with Crippen LogP contribution in [-0.2, 0) is 30.5 Å². The molecule has 196 valence electrons. The summed E-state index contributed by atoms with van der Waals surface area (Å²) in [5.74, 6) is -1.62. The number of esters is 1. The van der Waals surface area contributed by atoms with Crippen LogP contribution in [0.5, 0.6) is 0 Å². The topological polar surface area (TPSA) is 114 Å². The number of halogens is 1. The molecule has 2 saturated heterocycles. The Morgan fingerprint density at radius 1 is 1.14 bits per heavy atom. The third-order valence-electron chi connectivity index (χ3n) is 6.44. The number of hydrogen-bond acceptors (Lipinski definition) is 6. The second-order valence-electron chi connectivity index (χ2n) is 9.22. The molecule has 2 N–H and O–H groups in total. The number of amides is 3. The highest BCUT2D eigenvalue weighted by Crippen LogP contribution is 2.22. The summed E-state index contributed by atoms with van der Waals surface area (Å²) < 4.78 is 11.0. The fourth-order valence-corrected chi connectivity index (χ4v) is 4.71. The Morgan fingerprint density at radius 2 is 1.92 bits per heavy atom. The van der Waals surface area contributed by atoms with E-state index >= 15 is 0 Å². The Balaban J connectivity index is 1.37. The van der Waals surface area contributed by atoms with Crippen molar-refractivity contribution in [3.8, 4) is 0 Å². The quantitative estimate of drug-likeness (QED) is 0.510. The van der Waals surface area contributed by atoms with E-state index in [9.17, 15) is 19.2 Å². The molecule has 0 aliphatic carbocycles. The van der Waals surface area contributed by atoms with Crippen LogP contribution in [0, 0.1) is 0 Å². The monoisotopic (exact) mass is 527 g/mol. The van der Waals surface area contributed by atoms with Crippen LogP contribution in [0.4, 0.5) is 0 Å². The predicted octanol–water partition coefficient (Wildman–Crippen LogP) is 2.81. The van der Waals surface area contributed by atoms with Crippen LogP contribution >= 0.6 is 11.6 Å². The first-order valence-electron chi connectivity index (χ1n) is 12.3. The summed E-state index contributed by atoms with van der Waals surface area (Å²) >= 11 is 5.97. The lowest BCUT2D eigenvalue weighted by Crippen LogP contribution is -2.58. The van der Waals surface area contributed by atoms with Crippen molar-refractivity contribution in [1.82, 2.24) is 15.5 Å². The number of likely N-dealkylation sites (tertiary alicyclic amines) is 1. The maximum absolute atomic E-state index is 13.3. The minimum atomic E-state index is -0.916. The van der Waals surface area contributed by atoms with Crippen molar-refractivity contribution in [2.75, 3.05) is 6.54 Å². The molecule has 2 heterocycles. The van der Waals surface area contributed by atoms with Gasteiger partial charge in [0, 0.05) is 17.1 Å². The molecule has 2 aromatic carbocycles. The largest absolute Gasteiger partial charge is 0.433 e. The third kappa shape index (κ3) is 6.87. The van der Waals surface area contributed by atoms with Crippen LogP contribution in [0.3, 0.4) is 0 Å². The molecule has 37 heavy (non-hydrogen) atoms. The third-order valence-corrected chi connectivity index (χ3v) is 6.68. The Bertz CT molecular complexity index is 1140. The summed E-state index contributed by atoms with van der Waals surface area (Å²) in [6, 6.07) is 13.6. The van der Waals surface area contributed by atoms with Crippen molar-refractivity contribution in [2.45, 2.75) is 63.6 Å². The van der Waals surface area contributed by atoms with E-state index in [1.807, 2.05) is 30.3 Å². The van der Waals surface area contributed by atoms with Gasteiger partial charge in [0.15, 0.2) is 0 Å². The summed E-state index contributed by atoms with van der Waals surface area (Å²) in [6.45, 7) is 2.21. The first-order chi connectivity index (χ1) is 17.8. The van der Waals surface area contributed by atoms with E-state index in [1.54, 1.807) is 25.1 Å². The average Bonchev–Trinajstić information content (AvgIpc) is 3.26. The van der Waals surface area contributed by atoms with Gasteiger partial charge in [-0.05, 0) is 49.9 Å². The lowest BCUT2D eigenvalue weighted by Gasteiger charge is -2.37. The molecule has 4 rings (SSSR count). The molecular formula is C27H30ClN3O6. The maximum atomic E-state index is 13.3. The summed E-state index contributed by atoms with van der Waals surface area (Å²) in [7, 11) is 0. The Labute approximate surface area is 220 Å². The first kappa shape index (κ1) is 26.6. The second kappa shape index (κ2) is 12.2. The van der Waals surface area contributed by atoms with Crippen molar-refractivity contribution < 1.29 is 28.7 Å². The number of hydrogen-bond donors (Lipinski definition) is 2. The number of nitrogens with one attached hydrogen (secondary N) is 2. The van der Waals surface area contributed by atoms with Crippen molar-refractivity contribution >= 4 is 35.3 Å². The standard InChI is InChI=1S/C27H30ClN3O6/c1-17(29-24(33)19-10-7-11-20(28)14-19)26(35)31-13-6-5-12-22(31)25(34)30-21-15-23(32)37-27(21)36-16-18-8-3-2-4-9-18/h2-4,7-11,14,17,21-22,27H,5-6,12-13,15-16H2,1H3,(H,29,33)(H,30,34)/t17-,21-,22-,27?/m0/s1. The van der Waals surface area contributed by atoms with Gasteiger partial charge in [0.25, 0.3) is 5.91 Å². The van der Waals surface area contributed by atoms with Gasteiger partial charge in [-0.15, -0.1) is 0 Å². The van der Waals surface area contributed by atoms with E-state index in [2.05, 4.69) is 10.6 Å². The zero-order valence-electron chi connectivity index (χ0n) is 20.5. The molecule has 2 aliphatic rings. The predicted molar refractivity (Wildman–Crippen MR) is 135 cm³/mol. The van der Waals surface area contributed by atoms with Crippen molar-refractivity contribution in [3.05, 3.63) is 70.7 Å². The molecule has 10 heteroatoms. The van der Waals surface area contributed by atoms with Crippen LogP contribution in [0.25, 0.3) is 0 Å². The number of benzene rings is 2. The van der Waals surface area contributed by atoms with E-state index in [4.69, 9.17) is 21.1 Å². The number of carbonyl (C=O) groups is 4. The molecule has 0 aromatic heterocycles. The van der Waals surface area contributed by atoms with E-state index in [-0.39, 0.29) is 24.8 Å². The van der Waals surface area contributed by atoms with Crippen molar-refractivity contribution in [3.63, 3.8) is 0 Å². The lowest BCUT2D eigenvalue weighted by atomic mass is 9.99. The van der Waals surface area contributed by atoms with Gasteiger partial charge in [-0.2, -0.15) is 0 Å². The van der Waals surface area contributed by atoms with Gasteiger partial charge in [0.05, 0.1) is 13.0 Å². The van der Waals surface area contributed by atoms with Gasteiger partial charge in [0.2, 0.25) is 18.1 Å². The molecule has 0 radical (unpaired) electrons. The highest BCUT2D eigenvalue weighted by atomic mass is 35.5. The Morgan fingerprint density at radius 3 is 2.68 bits per heavy atom. The second-order valence-corrected chi connectivity index (χ2v) is 9.66. The van der Waals surface area contributed by atoms with Gasteiger partial charge in [-0.3, -0.25) is 19.2 Å². The molecule has 3 amide bonds. The number of nitrogens with zero attached hydrogens (tertiary/aromatic N) is 1. The molecule has 0 bridgehead atoms. The maximum Gasteiger partial charge on any atom is 0.310 e. The SMILES string of the molecule is C[C@H](NC(=O)c1cccc(Cl)c1)C(=O)N1CCCC[C@H]1C(=O)N[C@H]1CC(=O)OC1OCc1ccccc1. The van der Waals surface area contributed by atoms with Crippen LogP contribution in [0.1, 0.15) is 48.5 Å². The fourth-order valence-electron chi connectivity index (χ4n) is 4.52. The van der Waals surface area contributed by atoms with Crippen LogP contribution < -0.4 is 10.6 Å². The van der Waals surface area contributed by atoms with Gasteiger partial charge < -0.3 is 25.0 Å². The zero-order chi connectivity index (χ0) is 26.4. The van der Waals surface area contributed by atoms with Crippen molar-refractivity contribution in [2.24, 2.45) is 0 Å². The van der Waals surface area contributed by atoms with E-state index in [0.717, 1.165) is 18.4 Å². The van der Waals surface area contributed by atoms with E-state index < -0.39 is 36.3 Å². The molecule has 0 spiro atoms. The van der Waals surface area contributed by atoms with Gasteiger partial charge in [-0.25, -0.2) is 0 Å². The molecule has 4 atom stereocenters. The van der Waals surface area contributed by atoms with Crippen LogP contribution in [0.15, 0.2) is 54.6 Å². The minimum Gasteiger partial charge on any atom is -0.433 e. The molecule has 2 fully saturated rings. The van der Waals surface area contributed by atoms with Gasteiger partial charge in [0.1, 0.15) is 18.1 Å². The molecule has 2 aliphatic heterocycles. The van der Waals surface area contributed by atoms with Gasteiger partial charge >= 0.3 is 5.97 Å². The smallest absolute Gasteiger partial charge is 0.310 e. The molecular weight excluding hydrogens is 498 g/mol. The van der Waals surface area contributed by atoms with Gasteiger partial charge in [-0.1, -0.05) is 48.0 Å². The normalized spacial score (nSPS) is 22.2. The molecule has 9 nitrogen and oxygen atoms in total. The molecule has 2 aromatic rings. The number of piperidine rings is 1. The zero-order valence-corrected chi connectivity index (χ0v) is 21.3. The number of cyclic esters (lactones) is 1. The lowest BCUT2D eigenvalue weighted by molar-refractivity contribution is -0.168. The molecule has 1 unspecified atom stereocenters. The highest BCUT2D eigenvalue weighted by molar-refractivity contribution is 6.31. The highest BCUT2D eigenvalue weighted by Gasteiger charge is 2.40. The van der Waals surface area contributed by atoms with Crippen LogP contribution in [-0.4, -0.2) is 59.6 Å².